The number of piperidine rings is 1. The molecule has 1 fully saturated rings. The summed E-state index contributed by atoms with van der Waals surface area (Å²) in [5, 5.41) is 18.6. The highest BCUT2D eigenvalue weighted by Crippen LogP contribution is 2.22. The van der Waals surface area contributed by atoms with Crippen LogP contribution < -0.4 is 4.90 Å². The van der Waals surface area contributed by atoms with Crippen LogP contribution in [0.15, 0.2) is 18.3 Å². The van der Waals surface area contributed by atoms with Crippen LogP contribution in [0.3, 0.4) is 0 Å². The molecule has 0 unspecified atom stereocenters. The molecule has 1 aromatic rings. The maximum atomic E-state index is 9.43. The monoisotopic (exact) mass is 288 g/mol. The zero-order valence-corrected chi connectivity index (χ0v) is 12.9. The van der Waals surface area contributed by atoms with Gasteiger partial charge >= 0.3 is 0 Å². The van der Waals surface area contributed by atoms with Crippen LogP contribution in [0.1, 0.15) is 25.3 Å². The van der Waals surface area contributed by atoms with Crippen molar-refractivity contribution in [2.75, 3.05) is 38.1 Å². The molecule has 5 heteroatoms. The van der Waals surface area contributed by atoms with Gasteiger partial charge in [-0.05, 0) is 50.9 Å². The molecule has 2 rings (SSSR count). The Kier molecular flexibility index (Phi) is 5.54. The number of β-amino-alcohol motifs (C(OH)–C–C–N with tert-alkyl or cyclic N) is 1. The molecule has 0 amide bonds. The number of nitriles is 1. The zero-order valence-electron chi connectivity index (χ0n) is 12.9. The topological polar surface area (TPSA) is 63.4 Å². The Morgan fingerprint density at radius 3 is 2.86 bits per heavy atom. The predicted octanol–water partition coefficient (Wildman–Crippen LogP) is 1.48. The van der Waals surface area contributed by atoms with E-state index in [1.54, 1.807) is 12.3 Å². The summed E-state index contributed by atoms with van der Waals surface area (Å²) < 4.78 is 0. The van der Waals surface area contributed by atoms with Crippen LogP contribution >= 0.6 is 0 Å². The summed E-state index contributed by atoms with van der Waals surface area (Å²) in [5.74, 6) is 1.39. The Bertz CT molecular complexity index is 489. The van der Waals surface area contributed by atoms with E-state index in [2.05, 4.69) is 20.9 Å². The van der Waals surface area contributed by atoms with Gasteiger partial charge in [-0.15, -0.1) is 0 Å². The lowest BCUT2D eigenvalue weighted by Gasteiger charge is -2.34. The van der Waals surface area contributed by atoms with E-state index in [1.165, 1.54) is 0 Å². The number of aliphatic hydroxyl groups excluding tert-OH is 1. The van der Waals surface area contributed by atoms with Crippen LogP contribution in [0.2, 0.25) is 0 Å². The Morgan fingerprint density at radius 2 is 2.24 bits per heavy atom. The molecule has 0 spiro atoms. The van der Waals surface area contributed by atoms with E-state index in [9.17, 15) is 5.11 Å². The largest absolute Gasteiger partial charge is 0.392 e. The molecule has 0 radical (unpaired) electrons. The molecule has 5 nitrogen and oxygen atoms in total. The second kappa shape index (κ2) is 7.39. The lowest BCUT2D eigenvalue weighted by molar-refractivity contribution is 0.101. The van der Waals surface area contributed by atoms with Gasteiger partial charge in [-0.25, -0.2) is 4.98 Å². The van der Waals surface area contributed by atoms with E-state index < -0.39 is 0 Å². The first-order chi connectivity index (χ1) is 10.1. The van der Waals surface area contributed by atoms with Crippen molar-refractivity contribution in [3.8, 4) is 6.07 Å². The number of anilines is 1. The van der Waals surface area contributed by atoms with Gasteiger partial charge in [-0.1, -0.05) is 0 Å². The zero-order chi connectivity index (χ0) is 15.2. The highest BCUT2D eigenvalue weighted by atomic mass is 16.3. The van der Waals surface area contributed by atoms with Crippen molar-refractivity contribution in [2.24, 2.45) is 5.92 Å². The SMILES string of the molecule is C[C@@H](O)CN1CCC(CN(C)c2ncccc2C#N)CC1. The van der Waals surface area contributed by atoms with Crippen LogP contribution in [-0.4, -0.2) is 54.3 Å². The van der Waals surface area contributed by atoms with Gasteiger partial charge in [-0.2, -0.15) is 5.26 Å². The molecule has 2 heterocycles. The molecular formula is C16H24N4O. The van der Waals surface area contributed by atoms with E-state index in [0.29, 0.717) is 11.5 Å². The lowest BCUT2D eigenvalue weighted by atomic mass is 9.96. The maximum absolute atomic E-state index is 9.43. The Labute approximate surface area is 126 Å². The second-order valence-electron chi connectivity index (χ2n) is 5.96. The summed E-state index contributed by atoms with van der Waals surface area (Å²) in [6.07, 6.45) is 3.74. The molecule has 0 aliphatic carbocycles. The molecule has 0 saturated carbocycles. The van der Waals surface area contributed by atoms with Gasteiger partial charge in [0, 0.05) is 26.3 Å². The first-order valence-corrected chi connectivity index (χ1v) is 7.57. The van der Waals surface area contributed by atoms with Crippen molar-refractivity contribution < 1.29 is 5.11 Å². The normalized spacial score (nSPS) is 18.2. The maximum Gasteiger partial charge on any atom is 0.146 e. The number of likely N-dealkylation sites (tertiary alicyclic amines) is 1. The van der Waals surface area contributed by atoms with Crippen LogP contribution in [0, 0.1) is 17.2 Å². The molecule has 1 aliphatic heterocycles. The third-order valence-electron chi connectivity index (χ3n) is 4.03. The number of hydrogen-bond acceptors (Lipinski definition) is 5. The van der Waals surface area contributed by atoms with Gasteiger partial charge in [0.2, 0.25) is 0 Å². The number of pyridine rings is 1. The fraction of sp³-hybridized carbons (Fsp3) is 0.625. The summed E-state index contributed by atoms with van der Waals surface area (Å²) in [6.45, 7) is 5.60. The van der Waals surface area contributed by atoms with Gasteiger partial charge in [0.25, 0.3) is 0 Å². The van der Waals surface area contributed by atoms with E-state index in [4.69, 9.17) is 5.26 Å². The number of rotatable bonds is 5. The molecule has 1 aliphatic rings. The van der Waals surface area contributed by atoms with Crippen LogP contribution in [-0.2, 0) is 0 Å². The Morgan fingerprint density at radius 1 is 1.52 bits per heavy atom. The van der Waals surface area contributed by atoms with E-state index in [1.807, 2.05) is 20.0 Å². The molecule has 1 N–H and O–H groups in total. The minimum Gasteiger partial charge on any atom is -0.392 e. The molecule has 1 atom stereocenters. The van der Waals surface area contributed by atoms with Crippen molar-refractivity contribution in [2.45, 2.75) is 25.9 Å². The van der Waals surface area contributed by atoms with Crippen LogP contribution in [0.25, 0.3) is 0 Å². The standard InChI is InChI=1S/C16H24N4O/c1-13(21)11-20-8-5-14(6-9-20)12-19(2)16-15(10-17)4-3-7-18-16/h3-4,7,13-14,21H,5-6,8-9,11-12H2,1-2H3/t13-/m1/s1. The summed E-state index contributed by atoms with van der Waals surface area (Å²) in [4.78, 5) is 8.74. The van der Waals surface area contributed by atoms with Crippen molar-refractivity contribution in [1.29, 1.82) is 5.26 Å². The average Bonchev–Trinajstić information content (AvgIpc) is 2.48. The fourth-order valence-electron chi connectivity index (χ4n) is 2.99. The number of aromatic nitrogens is 1. The number of aliphatic hydroxyl groups is 1. The molecule has 21 heavy (non-hydrogen) atoms. The first-order valence-electron chi connectivity index (χ1n) is 7.57. The number of hydrogen-bond donors (Lipinski definition) is 1. The molecule has 0 bridgehead atoms. The van der Waals surface area contributed by atoms with Gasteiger partial charge in [0.1, 0.15) is 11.9 Å². The molecule has 1 saturated heterocycles. The highest BCUT2D eigenvalue weighted by molar-refractivity contribution is 5.52. The summed E-state index contributed by atoms with van der Waals surface area (Å²) in [6, 6.07) is 5.81. The van der Waals surface area contributed by atoms with Crippen molar-refractivity contribution >= 4 is 5.82 Å². The van der Waals surface area contributed by atoms with Gasteiger partial charge in [0.05, 0.1) is 11.7 Å². The van der Waals surface area contributed by atoms with Crippen LogP contribution in [0.5, 0.6) is 0 Å². The Hall–Kier alpha value is -1.64. The molecule has 1 aromatic heterocycles. The first kappa shape index (κ1) is 15.7. The Balaban J connectivity index is 1.87. The summed E-state index contributed by atoms with van der Waals surface area (Å²) in [5.41, 5.74) is 0.631. The lowest BCUT2D eigenvalue weighted by Crippen LogP contribution is -2.40. The molecule has 114 valence electrons. The van der Waals surface area contributed by atoms with E-state index >= 15 is 0 Å². The smallest absolute Gasteiger partial charge is 0.146 e. The van der Waals surface area contributed by atoms with E-state index in [-0.39, 0.29) is 6.10 Å². The van der Waals surface area contributed by atoms with Crippen molar-refractivity contribution in [3.05, 3.63) is 23.9 Å². The highest BCUT2D eigenvalue weighted by Gasteiger charge is 2.22. The predicted molar refractivity (Wildman–Crippen MR) is 83.1 cm³/mol. The van der Waals surface area contributed by atoms with Crippen LogP contribution in [0.4, 0.5) is 5.82 Å². The quantitative estimate of drug-likeness (QED) is 0.889. The van der Waals surface area contributed by atoms with Crippen molar-refractivity contribution in [1.82, 2.24) is 9.88 Å². The van der Waals surface area contributed by atoms with Crippen molar-refractivity contribution in [3.63, 3.8) is 0 Å². The molecular weight excluding hydrogens is 264 g/mol. The summed E-state index contributed by atoms with van der Waals surface area (Å²) >= 11 is 0. The van der Waals surface area contributed by atoms with Gasteiger partial charge in [-0.3, -0.25) is 0 Å². The molecule has 0 aromatic carbocycles. The average molecular weight is 288 g/mol. The number of nitrogens with zero attached hydrogens (tertiary/aromatic N) is 4. The third kappa shape index (κ3) is 4.42. The van der Waals surface area contributed by atoms with Gasteiger partial charge in [0.15, 0.2) is 0 Å². The second-order valence-corrected chi connectivity index (χ2v) is 5.96. The van der Waals surface area contributed by atoms with Gasteiger partial charge < -0.3 is 14.9 Å². The minimum atomic E-state index is -0.254. The minimum absolute atomic E-state index is 0.254. The third-order valence-corrected chi connectivity index (χ3v) is 4.03. The van der Waals surface area contributed by atoms with E-state index in [0.717, 1.165) is 44.8 Å². The summed E-state index contributed by atoms with van der Waals surface area (Å²) in [7, 11) is 2.01. The fourth-order valence-corrected chi connectivity index (χ4v) is 2.99.